The van der Waals surface area contributed by atoms with Gasteiger partial charge < -0.3 is 0 Å². The van der Waals surface area contributed by atoms with E-state index in [-0.39, 0.29) is 14.2 Å². The van der Waals surface area contributed by atoms with Crippen LogP contribution in [-0.4, -0.2) is 76.3 Å². The van der Waals surface area contributed by atoms with Gasteiger partial charge in [0.05, 0.1) is 19.6 Å². The number of halogens is 22. The summed E-state index contributed by atoms with van der Waals surface area (Å²) < 4.78 is 336. The molecule has 0 amide bonds. The molecule has 0 saturated heterocycles. The van der Waals surface area contributed by atoms with Gasteiger partial charge >= 0.3 is 64.5 Å². The van der Waals surface area contributed by atoms with Crippen LogP contribution in [0.2, 0.25) is 0 Å². The summed E-state index contributed by atoms with van der Waals surface area (Å²) in [5, 5.41) is 0. The van der Waals surface area contributed by atoms with Crippen LogP contribution in [0.3, 0.4) is 0 Å². The van der Waals surface area contributed by atoms with Crippen LogP contribution in [0.25, 0.3) is 0 Å². The van der Waals surface area contributed by atoms with Crippen LogP contribution in [0.5, 0.6) is 0 Å². The average Bonchev–Trinajstić information content (AvgIpc) is 2.85. The van der Waals surface area contributed by atoms with Gasteiger partial charge in [0.2, 0.25) is 5.41 Å². The summed E-state index contributed by atoms with van der Waals surface area (Å²) in [6.07, 6.45) is -55.8. The lowest BCUT2D eigenvalue weighted by Gasteiger charge is -2.45. The Morgan fingerprint density at radius 1 is 0.460 bits per heavy atom. The molecule has 0 aliphatic heterocycles. The lowest BCUT2D eigenvalue weighted by atomic mass is 9.72. The smallest absolute Gasteiger partial charge is 0.290 e. The molecule has 0 aliphatic rings. The molecule has 7 nitrogen and oxygen atoms in total. The van der Waals surface area contributed by atoms with Crippen LogP contribution in [-0.2, 0) is 31.5 Å². The van der Waals surface area contributed by atoms with Crippen molar-refractivity contribution in [1.82, 2.24) is 0 Å². The maximum atomic E-state index is 14.1. The molecular formula is C19H20F22O7P2. The highest BCUT2D eigenvalue weighted by molar-refractivity contribution is 7.62. The van der Waals surface area contributed by atoms with Gasteiger partial charge in [-0.15, -0.1) is 0 Å². The van der Waals surface area contributed by atoms with Crippen molar-refractivity contribution in [2.75, 3.05) is 27.4 Å². The van der Waals surface area contributed by atoms with E-state index in [0.29, 0.717) is 0 Å². The number of hydrogen-bond acceptors (Lipinski definition) is 7. The average molecular weight is 840 g/mol. The van der Waals surface area contributed by atoms with Crippen LogP contribution in [0.1, 0.15) is 32.1 Å². The molecule has 302 valence electrons. The van der Waals surface area contributed by atoms with E-state index in [1.165, 1.54) is 0 Å². The fourth-order valence-corrected chi connectivity index (χ4v) is 6.69. The van der Waals surface area contributed by atoms with E-state index in [1.807, 2.05) is 0 Å². The molecule has 0 aromatic carbocycles. The van der Waals surface area contributed by atoms with Crippen molar-refractivity contribution in [2.24, 2.45) is 10.8 Å². The van der Waals surface area contributed by atoms with E-state index in [9.17, 15) is 106 Å². The molecule has 2 unspecified atom stereocenters. The summed E-state index contributed by atoms with van der Waals surface area (Å²) in [4.78, 5) is 0. The van der Waals surface area contributed by atoms with Crippen LogP contribution in [0, 0.1) is 10.8 Å². The van der Waals surface area contributed by atoms with Gasteiger partial charge in [-0.25, -0.2) is 9.13 Å². The Bertz CT molecular complexity index is 1170. The predicted octanol–water partition coefficient (Wildman–Crippen LogP) is 11.1. The number of hydrogen-bond donors (Lipinski definition) is 0. The van der Waals surface area contributed by atoms with E-state index < -0.39 is 121 Å². The zero-order chi connectivity index (χ0) is 40.5. The van der Waals surface area contributed by atoms with Gasteiger partial charge in [-0.05, 0) is 25.7 Å². The van der Waals surface area contributed by atoms with Crippen LogP contribution in [0.15, 0.2) is 0 Å². The van der Waals surface area contributed by atoms with Gasteiger partial charge in [0.1, 0.15) is 0 Å². The zero-order valence-electron chi connectivity index (χ0n) is 24.0. The molecule has 31 heteroatoms. The van der Waals surface area contributed by atoms with Crippen molar-refractivity contribution in [3.8, 4) is 0 Å². The third-order valence-electron chi connectivity index (χ3n) is 6.43. The summed E-state index contributed by atoms with van der Waals surface area (Å²) in [6.45, 7) is -3.86. The van der Waals surface area contributed by atoms with E-state index in [2.05, 4.69) is 22.4 Å². The Labute approximate surface area is 264 Å². The second kappa shape index (κ2) is 15.2. The third kappa shape index (κ3) is 10.2. The number of phosphoric acid groups is 2. The summed E-state index contributed by atoms with van der Waals surface area (Å²) in [7, 11) is -11.2. The quantitative estimate of drug-likeness (QED) is 0.0820. The lowest BCUT2D eigenvalue weighted by Crippen LogP contribution is -2.70. The highest BCUT2D eigenvalue weighted by Gasteiger charge is 2.91. The maximum Gasteiger partial charge on any atom is 0.483 e. The Morgan fingerprint density at radius 3 is 1.06 bits per heavy atom. The largest absolute Gasteiger partial charge is 0.483 e. The predicted molar refractivity (Wildman–Crippen MR) is 116 cm³/mol. The first-order valence-corrected chi connectivity index (χ1v) is 15.1. The Hall–Kier alpha value is -1.28. The van der Waals surface area contributed by atoms with E-state index in [1.54, 1.807) is 0 Å². The Morgan fingerprint density at radius 2 is 0.800 bits per heavy atom. The fraction of sp³-hybridized carbons (Fsp3) is 1.00. The molecule has 0 aromatic heterocycles. The van der Waals surface area contributed by atoms with Gasteiger partial charge in [-0.2, -0.15) is 101 Å². The third-order valence-corrected chi connectivity index (χ3v) is 9.92. The summed E-state index contributed by atoms with van der Waals surface area (Å²) >= 11 is 0. The number of phosphoric ester groups is 2. The second-order valence-corrected chi connectivity index (χ2v) is 13.3. The van der Waals surface area contributed by atoms with Crippen LogP contribution in [0.4, 0.5) is 96.6 Å². The monoisotopic (exact) mass is 840 g/mol. The normalized spacial score (nSPS) is 17.8. The van der Waals surface area contributed by atoms with Crippen LogP contribution < -0.4 is 0 Å². The highest BCUT2D eigenvalue weighted by atomic mass is 31.3. The number of alkyl halides is 22. The molecule has 0 aromatic rings. The second-order valence-electron chi connectivity index (χ2n) is 9.63. The standard InChI is InChI=1S/C19H20F22O7P2/c1-44-49(42,46-7-3-5-10(15(27,28)29,16(30,31)32)9-12(20,21)22)48-50(43,45-2)47-8-4-6-11(17(33,34)35,18(36,37)38)13(23,24)14(25,26)19(39,40)41/h3-9H2,1-2H3. The van der Waals surface area contributed by atoms with Gasteiger partial charge in [0.25, 0.3) is 0 Å². The summed E-state index contributed by atoms with van der Waals surface area (Å²) in [5.74, 6) is -16.0. The first kappa shape index (κ1) is 48.7. The first-order chi connectivity index (χ1) is 21.7. The molecule has 0 N–H and O–H groups in total. The van der Waals surface area contributed by atoms with Gasteiger partial charge in [-0.1, -0.05) is 0 Å². The molecule has 0 saturated carbocycles. The van der Waals surface area contributed by atoms with E-state index in [0.717, 1.165) is 0 Å². The topological polar surface area (TPSA) is 80.3 Å². The van der Waals surface area contributed by atoms with Gasteiger partial charge in [0.15, 0.2) is 5.41 Å². The Balaban J connectivity index is 6.13. The molecule has 0 rings (SSSR count). The van der Waals surface area contributed by atoms with Crippen molar-refractivity contribution in [3.63, 3.8) is 0 Å². The molecule has 0 bridgehead atoms. The Kier molecular flexibility index (Phi) is 14.8. The molecular weight excluding hydrogens is 820 g/mol. The SMILES string of the molecule is COP(=O)(OCCCC(CC(F)(F)F)(C(F)(F)F)C(F)(F)F)OP(=O)(OC)OCCCC(C(F)(F)F)(C(F)(F)F)C(F)(F)C(F)(F)C(F)(F)F. The molecule has 0 radical (unpaired) electrons. The van der Waals surface area contributed by atoms with Crippen molar-refractivity contribution < 1.29 is 128 Å². The minimum absolute atomic E-state index is 0.173. The van der Waals surface area contributed by atoms with Gasteiger partial charge in [-0.3, -0.25) is 18.1 Å². The minimum Gasteiger partial charge on any atom is -0.290 e. The van der Waals surface area contributed by atoms with Crippen molar-refractivity contribution >= 4 is 15.6 Å². The molecule has 0 spiro atoms. The zero-order valence-corrected chi connectivity index (χ0v) is 25.8. The number of rotatable bonds is 17. The lowest BCUT2D eigenvalue weighted by molar-refractivity contribution is -0.461. The molecule has 2 atom stereocenters. The molecule has 0 heterocycles. The van der Waals surface area contributed by atoms with Crippen molar-refractivity contribution in [3.05, 3.63) is 0 Å². The van der Waals surface area contributed by atoms with Gasteiger partial charge in [0, 0.05) is 14.2 Å². The highest BCUT2D eigenvalue weighted by Crippen LogP contribution is 2.68. The van der Waals surface area contributed by atoms with Crippen molar-refractivity contribution in [2.45, 2.75) is 81.0 Å². The van der Waals surface area contributed by atoms with Crippen LogP contribution >= 0.6 is 15.6 Å². The maximum absolute atomic E-state index is 14.1. The molecule has 0 fully saturated rings. The van der Waals surface area contributed by atoms with E-state index in [4.69, 9.17) is 0 Å². The van der Waals surface area contributed by atoms with E-state index >= 15 is 0 Å². The first-order valence-electron chi connectivity index (χ1n) is 12.2. The molecule has 50 heavy (non-hydrogen) atoms. The minimum atomic E-state index is -8.04. The van der Waals surface area contributed by atoms with Crippen molar-refractivity contribution in [1.29, 1.82) is 0 Å². The molecule has 0 aliphatic carbocycles. The fourth-order valence-electron chi connectivity index (χ4n) is 3.88. The summed E-state index contributed by atoms with van der Waals surface area (Å²) in [5.41, 5.74) is -12.7. The summed E-state index contributed by atoms with van der Waals surface area (Å²) in [6, 6.07) is 0.